The minimum atomic E-state index is -0.896. The maximum atomic E-state index is 10.4. The highest BCUT2D eigenvalue weighted by Crippen LogP contribution is 2.05. The van der Waals surface area contributed by atoms with Crippen molar-refractivity contribution in [2.24, 2.45) is 0 Å². The van der Waals surface area contributed by atoms with E-state index < -0.39 is 30.1 Å². The highest BCUT2D eigenvalue weighted by atomic mass is 16.4. The summed E-state index contributed by atoms with van der Waals surface area (Å²) in [6.07, 6.45) is 1.02. The van der Waals surface area contributed by atoms with Crippen molar-refractivity contribution in [3.05, 3.63) is 0 Å². The van der Waals surface area contributed by atoms with Gasteiger partial charge in [-0.2, -0.15) is 0 Å². The van der Waals surface area contributed by atoms with Gasteiger partial charge in [0.1, 0.15) is 12.1 Å². The van der Waals surface area contributed by atoms with E-state index in [1.807, 2.05) is 6.92 Å². The Balaban J connectivity index is 0.000000367. The Bertz CT molecular complexity index is 300. The molecule has 0 spiro atoms. The third-order valence-electron chi connectivity index (χ3n) is 2.76. The van der Waals surface area contributed by atoms with Gasteiger partial charge in [-0.15, -0.1) is 0 Å². The van der Waals surface area contributed by atoms with Crippen LogP contribution in [-0.4, -0.2) is 70.2 Å². The normalized spacial score (nSPS) is 22.8. The average molecular weight is 292 g/mol. The second-order valence-electron chi connectivity index (χ2n) is 4.55. The zero-order valence-corrected chi connectivity index (χ0v) is 11.6. The van der Waals surface area contributed by atoms with Crippen molar-refractivity contribution in [2.45, 2.75) is 44.4 Å². The number of nitrogens with one attached hydrogen (secondary N) is 2. The van der Waals surface area contributed by atoms with Crippen molar-refractivity contribution in [3.63, 3.8) is 0 Å². The van der Waals surface area contributed by atoms with Crippen LogP contribution in [0, 0.1) is 0 Å². The summed E-state index contributed by atoms with van der Waals surface area (Å²) in [5.74, 6) is -1.78. The Morgan fingerprint density at radius 3 is 2.35 bits per heavy atom. The predicted molar refractivity (Wildman–Crippen MR) is 71.5 cm³/mol. The number of aliphatic carboxylic acids is 2. The van der Waals surface area contributed by atoms with E-state index in [9.17, 15) is 9.59 Å². The Hall–Kier alpha value is -1.22. The molecule has 1 heterocycles. The average Bonchev–Trinajstić information content (AvgIpc) is 2.82. The standard InChI is InChI=1S/C7H15NO3.C5H9NO3/c1-2-4-8-6(3-5-9)7(10)11;7-3-1-4(5(8)9)6-2-3/h6,8-9H,2-5H2,1H3,(H,10,11);3-4,6-7H,1-2H2,(H,8,9)/t;3-,4+/m.1/s1. The van der Waals surface area contributed by atoms with E-state index in [0.29, 0.717) is 19.5 Å². The number of β-amino-alcohol motifs (C(OH)–C–C–N with tert-alkyl or cyclic N) is 1. The van der Waals surface area contributed by atoms with Gasteiger partial charge in [-0.3, -0.25) is 9.59 Å². The fourth-order valence-electron chi connectivity index (χ4n) is 1.67. The molecular weight excluding hydrogens is 268 g/mol. The number of hydrogen-bond acceptors (Lipinski definition) is 6. The molecule has 0 amide bonds. The molecule has 0 saturated carbocycles. The number of carbonyl (C=O) groups is 2. The molecule has 0 aromatic heterocycles. The van der Waals surface area contributed by atoms with Gasteiger partial charge in [0.15, 0.2) is 0 Å². The summed E-state index contributed by atoms with van der Waals surface area (Å²) in [5, 5.41) is 39.7. The van der Waals surface area contributed by atoms with Gasteiger partial charge in [-0.1, -0.05) is 6.92 Å². The zero-order chi connectivity index (χ0) is 15.5. The number of carboxylic acids is 2. The summed E-state index contributed by atoms with van der Waals surface area (Å²) in [6, 6.07) is -1.14. The monoisotopic (exact) mass is 292 g/mol. The van der Waals surface area contributed by atoms with Crippen molar-refractivity contribution in [3.8, 4) is 0 Å². The quantitative estimate of drug-likeness (QED) is 0.337. The second kappa shape index (κ2) is 10.6. The lowest BCUT2D eigenvalue weighted by Crippen LogP contribution is -2.37. The van der Waals surface area contributed by atoms with Crippen molar-refractivity contribution in [1.82, 2.24) is 10.6 Å². The summed E-state index contributed by atoms with van der Waals surface area (Å²) in [5.41, 5.74) is 0. The molecule has 0 aromatic carbocycles. The van der Waals surface area contributed by atoms with Crippen LogP contribution in [0.3, 0.4) is 0 Å². The van der Waals surface area contributed by atoms with Crippen molar-refractivity contribution in [1.29, 1.82) is 0 Å². The van der Waals surface area contributed by atoms with Gasteiger partial charge in [0.2, 0.25) is 0 Å². The van der Waals surface area contributed by atoms with Gasteiger partial charge in [0.25, 0.3) is 0 Å². The molecule has 1 fully saturated rings. The SMILES string of the molecule is CCCNC(CCO)C(=O)O.O=C(O)[C@@H]1C[C@@H](O)CN1. The maximum Gasteiger partial charge on any atom is 0.320 e. The lowest BCUT2D eigenvalue weighted by molar-refractivity contribution is -0.140. The lowest BCUT2D eigenvalue weighted by Gasteiger charge is -2.11. The molecule has 1 aliphatic rings. The summed E-state index contributed by atoms with van der Waals surface area (Å²) in [7, 11) is 0. The highest BCUT2D eigenvalue weighted by Gasteiger charge is 2.27. The van der Waals surface area contributed by atoms with Crippen LogP contribution < -0.4 is 10.6 Å². The molecule has 0 radical (unpaired) electrons. The molecule has 118 valence electrons. The molecule has 1 unspecified atom stereocenters. The predicted octanol–water partition coefficient (Wildman–Crippen LogP) is -1.38. The first kappa shape index (κ1) is 18.8. The third kappa shape index (κ3) is 8.05. The van der Waals surface area contributed by atoms with Crippen LogP contribution in [0.1, 0.15) is 26.2 Å². The van der Waals surface area contributed by atoms with Crippen LogP contribution in [0.15, 0.2) is 0 Å². The van der Waals surface area contributed by atoms with Crippen molar-refractivity contribution in [2.75, 3.05) is 19.7 Å². The Morgan fingerprint density at radius 1 is 1.40 bits per heavy atom. The molecule has 1 saturated heterocycles. The van der Waals surface area contributed by atoms with Crippen LogP contribution >= 0.6 is 0 Å². The minimum Gasteiger partial charge on any atom is -0.480 e. The van der Waals surface area contributed by atoms with E-state index in [1.54, 1.807) is 0 Å². The molecule has 6 N–H and O–H groups in total. The van der Waals surface area contributed by atoms with Crippen molar-refractivity contribution < 1.29 is 30.0 Å². The number of rotatable bonds is 7. The van der Waals surface area contributed by atoms with E-state index in [1.165, 1.54) is 0 Å². The molecular formula is C12H24N2O6. The van der Waals surface area contributed by atoms with Gasteiger partial charge in [-0.25, -0.2) is 0 Å². The molecule has 3 atom stereocenters. The first-order chi connectivity index (χ1) is 9.42. The van der Waals surface area contributed by atoms with E-state index in [0.717, 1.165) is 6.42 Å². The summed E-state index contributed by atoms with van der Waals surface area (Å²) in [4.78, 5) is 20.6. The third-order valence-corrected chi connectivity index (χ3v) is 2.76. The van der Waals surface area contributed by atoms with E-state index >= 15 is 0 Å². The van der Waals surface area contributed by atoms with Gasteiger partial charge >= 0.3 is 11.9 Å². The summed E-state index contributed by atoms with van der Waals surface area (Å²) in [6.45, 7) is 2.95. The van der Waals surface area contributed by atoms with Gasteiger partial charge < -0.3 is 31.1 Å². The van der Waals surface area contributed by atoms with E-state index in [4.69, 9.17) is 20.4 Å². The molecule has 20 heavy (non-hydrogen) atoms. The van der Waals surface area contributed by atoms with Crippen LogP contribution in [0.5, 0.6) is 0 Å². The number of hydrogen-bond donors (Lipinski definition) is 6. The molecule has 8 nitrogen and oxygen atoms in total. The van der Waals surface area contributed by atoms with Gasteiger partial charge in [0.05, 0.1) is 6.10 Å². The Kier molecular flexibility index (Phi) is 9.91. The second-order valence-corrected chi connectivity index (χ2v) is 4.55. The minimum absolute atomic E-state index is 0.0896. The molecule has 1 rings (SSSR count). The van der Waals surface area contributed by atoms with Gasteiger partial charge in [0, 0.05) is 19.6 Å². The molecule has 0 aromatic rings. The topological polar surface area (TPSA) is 139 Å². The lowest BCUT2D eigenvalue weighted by atomic mass is 10.2. The Morgan fingerprint density at radius 2 is 2.05 bits per heavy atom. The number of aliphatic hydroxyl groups excluding tert-OH is 2. The fourth-order valence-corrected chi connectivity index (χ4v) is 1.67. The molecule has 8 heteroatoms. The first-order valence-electron chi connectivity index (χ1n) is 6.63. The number of aliphatic hydroxyl groups is 2. The van der Waals surface area contributed by atoms with Crippen LogP contribution in [0.25, 0.3) is 0 Å². The van der Waals surface area contributed by atoms with Crippen LogP contribution in [0.2, 0.25) is 0 Å². The Labute approximate surface area is 117 Å². The summed E-state index contributed by atoms with van der Waals surface area (Å²) >= 11 is 0. The first-order valence-corrected chi connectivity index (χ1v) is 6.63. The highest BCUT2D eigenvalue weighted by molar-refractivity contribution is 5.74. The zero-order valence-electron chi connectivity index (χ0n) is 11.6. The fraction of sp³-hybridized carbons (Fsp3) is 0.833. The van der Waals surface area contributed by atoms with E-state index in [-0.39, 0.29) is 13.0 Å². The molecule has 0 bridgehead atoms. The molecule has 0 aliphatic carbocycles. The smallest absolute Gasteiger partial charge is 0.320 e. The van der Waals surface area contributed by atoms with Crippen LogP contribution in [0.4, 0.5) is 0 Å². The van der Waals surface area contributed by atoms with E-state index in [2.05, 4.69) is 10.6 Å². The molecule has 1 aliphatic heterocycles. The summed E-state index contributed by atoms with van der Waals surface area (Å²) < 4.78 is 0. The largest absolute Gasteiger partial charge is 0.480 e. The van der Waals surface area contributed by atoms with Gasteiger partial charge in [-0.05, 0) is 19.4 Å². The van der Waals surface area contributed by atoms with Crippen LogP contribution in [-0.2, 0) is 9.59 Å². The van der Waals surface area contributed by atoms with Crippen molar-refractivity contribution >= 4 is 11.9 Å². The number of carboxylic acid groups (broad SMARTS) is 2. The maximum absolute atomic E-state index is 10.4.